The standard InChI is InChI=1S/C31H36N6O2S2/c1-7-10-25(32-5)26-15-16-33-31(36-26)37-27-18-23(14-13-20(27)3)35-29(38)22(8-2)17-21(4)34-30(39)28-12-9-11-24(41-28)19-40-6/h8,10-18H,5,7,9,19H2,1-4,6H3,(H,34,39)(H,35,38)(H,33,36,37)/b21-17+,22-8+,25-10-. The van der Waals surface area contributed by atoms with E-state index < -0.39 is 0 Å². The van der Waals surface area contributed by atoms with Crippen LogP contribution in [0.3, 0.4) is 0 Å². The molecule has 214 valence electrons. The third-order valence-corrected chi connectivity index (χ3v) is 7.81. The third kappa shape index (κ3) is 9.33. The molecular formula is C31H36N6O2S2. The summed E-state index contributed by atoms with van der Waals surface area (Å²) in [5.74, 6) is 0.822. The predicted molar refractivity (Wildman–Crippen MR) is 175 cm³/mol. The first-order valence-corrected chi connectivity index (χ1v) is 15.4. The molecule has 2 heterocycles. The highest BCUT2D eigenvalue weighted by Crippen LogP contribution is 2.32. The molecule has 0 radical (unpaired) electrons. The van der Waals surface area contributed by atoms with Gasteiger partial charge < -0.3 is 16.0 Å². The highest BCUT2D eigenvalue weighted by molar-refractivity contribution is 8.09. The van der Waals surface area contributed by atoms with Crippen molar-refractivity contribution in [2.24, 2.45) is 4.99 Å². The number of carbonyl (C=O) groups excluding carboxylic acids is 2. The summed E-state index contributed by atoms with van der Waals surface area (Å²) in [7, 11) is 0. The number of hydrogen-bond acceptors (Lipinski definition) is 8. The Kier molecular flexibility index (Phi) is 12.2. The normalized spacial score (nSPS) is 14.1. The maximum absolute atomic E-state index is 13.1. The average molecular weight is 589 g/mol. The lowest BCUT2D eigenvalue weighted by Gasteiger charge is -2.15. The Hall–Kier alpha value is -3.89. The van der Waals surface area contributed by atoms with Crippen LogP contribution in [-0.4, -0.2) is 40.5 Å². The Morgan fingerprint density at radius 2 is 2.05 bits per heavy atom. The van der Waals surface area contributed by atoms with Gasteiger partial charge in [-0.25, -0.2) is 9.97 Å². The minimum Gasteiger partial charge on any atom is -0.326 e. The van der Waals surface area contributed by atoms with Gasteiger partial charge in [-0.15, -0.1) is 0 Å². The van der Waals surface area contributed by atoms with Gasteiger partial charge in [-0.1, -0.05) is 49.1 Å². The lowest BCUT2D eigenvalue weighted by molar-refractivity contribution is -0.116. The van der Waals surface area contributed by atoms with Gasteiger partial charge in [0.05, 0.1) is 16.3 Å². The van der Waals surface area contributed by atoms with Gasteiger partial charge in [0.25, 0.3) is 11.8 Å². The van der Waals surface area contributed by atoms with Crippen LogP contribution >= 0.6 is 23.5 Å². The molecule has 0 spiro atoms. The van der Waals surface area contributed by atoms with E-state index in [0.29, 0.717) is 39.2 Å². The van der Waals surface area contributed by atoms with E-state index in [4.69, 9.17) is 0 Å². The Balaban J connectivity index is 1.68. The number of hydrogen-bond donors (Lipinski definition) is 3. The molecule has 10 heteroatoms. The van der Waals surface area contributed by atoms with E-state index >= 15 is 0 Å². The molecule has 0 aliphatic carbocycles. The highest BCUT2D eigenvalue weighted by Gasteiger charge is 2.16. The number of aryl methyl sites for hydroxylation is 1. The maximum atomic E-state index is 13.1. The van der Waals surface area contributed by atoms with E-state index in [1.54, 1.807) is 50.0 Å². The fourth-order valence-electron chi connectivity index (χ4n) is 3.84. The molecule has 3 rings (SSSR count). The molecule has 0 fully saturated rings. The molecule has 1 aliphatic rings. The van der Waals surface area contributed by atoms with Gasteiger partial charge in [-0.05, 0) is 81.3 Å². The van der Waals surface area contributed by atoms with Gasteiger partial charge in [0, 0.05) is 34.6 Å². The number of amides is 2. The van der Waals surface area contributed by atoms with Gasteiger partial charge in [-0.3, -0.25) is 14.6 Å². The Morgan fingerprint density at radius 1 is 1.24 bits per heavy atom. The highest BCUT2D eigenvalue weighted by atomic mass is 32.2. The van der Waals surface area contributed by atoms with Crippen molar-refractivity contribution in [3.05, 3.63) is 93.2 Å². The molecule has 0 bridgehead atoms. The molecule has 2 aromatic rings. The van der Waals surface area contributed by atoms with Crippen LogP contribution < -0.4 is 16.0 Å². The largest absolute Gasteiger partial charge is 0.326 e. The Labute approximate surface area is 250 Å². The van der Waals surface area contributed by atoms with E-state index in [-0.39, 0.29) is 11.8 Å². The van der Waals surface area contributed by atoms with E-state index in [1.165, 1.54) is 16.7 Å². The first kappa shape index (κ1) is 31.6. The second kappa shape index (κ2) is 15.8. The number of nitrogens with one attached hydrogen (secondary N) is 3. The number of thioether (sulfide) groups is 2. The summed E-state index contributed by atoms with van der Waals surface area (Å²) in [6.07, 6.45) is 14.6. The van der Waals surface area contributed by atoms with Crippen LogP contribution in [0.1, 0.15) is 44.9 Å². The van der Waals surface area contributed by atoms with Crippen molar-refractivity contribution >= 4 is 65.1 Å². The second-order valence-corrected chi connectivity index (χ2v) is 11.1. The van der Waals surface area contributed by atoms with Gasteiger partial charge in [0.1, 0.15) is 0 Å². The molecule has 0 saturated heterocycles. The summed E-state index contributed by atoms with van der Waals surface area (Å²) in [5.41, 5.74) is 4.68. The maximum Gasteiger partial charge on any atom is 0.261 e. The number of aliphatic imine (C=N–C) groups is 1. The van der Waals surface area contributed by atoms with Crippen molar-refractivity contribution in [3.63, 3.8) is 0 Å². The van der Waals surface area contributed by atoms with Gasteiger partial charge in [0.2, 0.25) is 5.95 Å². The molecule has 2 amide bonds. The van der Waals surface area contributed by atoms with Crippen LogP contribution in [0.4, 0.5) is 17.3 Å². The lowest BCUT2D eigenvalue weighted by atomic mass is 10.1. The zero-order valence-electron chi connectivity index (χ0n) is 24.1. The molecule has 8 nitrogen and oxygen atoms in total. The number of aromatic nitrogens is 2. The fraction of sp³-hybridized carbons (Fsp3) is 0.258. The van der Waals surface area contributed by atoms with E-state index in [9.17, 15) is 9.59 Å². The minimum absolute atomic E-state index is 0.173. The molecule has 0 atom stereocenters. The number of benzene rings is 1. The smallest absolute Gasteiger partial charge is 0.261 e. The van der Waals surface area contributed by atoms with Crippen molar-refractivity contribution in [2.75, 3.05) is 22.6 Å². The number of anilines is 3. The summed E-state index contributed by atoms with van der Waals surface area (Å²) >= 11 is 3.22. The molecular weight excluding hydrogens is 553 g/mol. The van der Waals surface area contributed by atoms with Crippen LogP contribution in [0.2, 0.25) is 0 Å². The number of allylic oxidation sites excluding steroid dienone is 5. The van der Waals surface area contributed by atoms with Gasteiger partial charge in [0.15, 0.2) is 0 Å². The molecule has 1 aliphatic heterocycles. The molecule has 41 heavy (non-hydrogen) atoms. The molecule has 0 saturated carbocycles. The first-order valence-electron chi connectivity index (χ1n) is 13.2. The molecule has 3 N–H and O–H groups in total. The van der Waals surface area contributed by atoms with Gasteiger partial charge in [-0.2, -0.15) is 11.8 Å². The topological polar surface area (TPSA) is 108 Å². The first-order chi connectivity index (χ1) is 19.8. The van der Waals surface area contributed by atoms with Crippen LogP contribution in [0.5, 0.6) is 0 Å². The molecule has 1 aromatic carbocycles. The van der Waals surface area contributed by atoms with Crippen LogP contribution in [0.25, 0.3) is 5.70 Å². The molecule has 0 unspecified atom stereocenters. The molecule has 1 aromatic heterocycles. The van der Waals surface area contributed by atoms with Crippen molar-refractivity contribution in [3.8, 4) is 0 Å². The number of nitrogens with zero attached hydrogens (tertiary/aromatic N) is 3. The van der Waals surface area contributed by atoms with Crippen molar-refractivity contribution in [1.82, 2.24) is 15.3 Å². The fourth-order valence-corrected chi connectivity index (χ4v) is 5.62. The SMILES string of the molecule is C=N/C(=C\CC)c1ccnc(Nc2cc(NC(=O)C(/C=C(\C)NC(=O)C3=CCC=C(CSC)S3)=C/C)ccc2C)n1. The quantitative estimate of drug-likeness (QED) is 0.137. The zero-order valence-corrected chi connectivity index (χ0v) is 25.7. The summed E-state index contributed by atoms with van der Waals surface area (Å²) in [6, 6.07) is 7.35. The van der Waals surface area contributed by atoms with Crippen molar-refractivity contribution in [1.29, 1.82) is 0 Å². The zero-order chi connectivity index (χ0) is 29.8. The minimum atomic E-state index is -0.294. The second-order valence-electron chi connectivity index (χ2n) is 9.07. The van der Waals surface area contributed by atoms with Crippen LogP contribution in [0.15, 0.2) is 86.9 Å². The Bertz CT molecular complexity index is 1460. The summed E-state index contributed by atoms with van der Waals surface area (Å²) in [4.78, 5) is 40.7. The monoisotopic (exact) mass is 588 g/mol. The third-order valence-electron chi connectivity index (χ3n) is 5.88. The lowest BCUT2D eigenvalue weighted by Crippen LogP contribution is -2.23. The predicted octanol–water partition coefficient (Wildman–Crippen LogP) is 7.15. The summed E-state index contributed by atoms with van der Waals surface area (Å²) < 4.78 is 0. The average Bonchev–Trinajstić information content (AvgIpc) is 2.96. The van der Waals surface area contributed by atoms with Crippen molar-refractivity contribution < 1.29 is 9.59 Å². The van der Waals surface area contributed by atoms with Crippen LogP contribution in [-0.2, 0) is 9.59 Å². The summed E-state index contributed by atoms with van der Waals surface area (Å²) in [5, 5.41) is 9.08. The number of carbonyl (C=O) groups is 2. The summed E-state index contributed by atoms with van der Waals surface area (Å²) in [6.45, 7) is 11.2. The van der Waals surface area contributed by atoms with Gasteiger partial charge >= 0.3 is 0 Å². The van der Waals surface area contributed by atoms with E-state index in [2.05, 4.69) is 43.7 Å². The number of rotatable bonds is 12. The van der Waals surface area contributed by atoms with Crippen molar-refractivity contribution in [2.45, 2.75) is 40.5 Å². The Morgan fingerprint density at radius 3 is 2.76 bits per heavy atom. The van der Waals surface area contributed by atoms with Crippen LogP contribution in [0, 0.1) is 6.92 Å². The van der Waals surface area contributed by atoms with E-state index in [0.717, 1.165) is 29.8 Å². The van der Waals surface area contributed by atoms with E-state index in [1.807, 2.05) is 50.5 Å².